The van der Waals surface area contributed by atoms with Crippen LogP contribution in [0.1, 0.15) is 35.2 Å². The average Bonchev–Trinajstić information content (AvgIpc) is 2.97. The van der Waals surface area contributed by atoms with Crippen molar-refractivity contribution >= 4 is 5.91 Å². The average molecular weight is 262 g/mol. The Balaban J connectivity index is 1.69. The molecule has 3 nitrogen and oxygen atoms in total. The molecule has 19 heavy (non-hydrogen) atoms. The molecule has 2 heterocycles. The summed E-state index contributed by atoms with van der Waals surface area (Å²) in [6.07, 6.45) is 3.43. The van der Waals surface area contributed by atoms with Gasteiger partial charge in [-0.05, 0) is 56.5 Å². The van der Waals surface area contributed by atoms with Crippen molar-refractivity contribution in [2.24, 2.45) is 0 Å². The molecule has 2 saturated heterocycles. The lowest BCUT2D eigenvalue weighted by atomic mass is 10.1. The van der Waals surface area contributed by atoms with Gasteiger partial charge in [-0.3, -0.25) is 9.69 Å². The van der Waals surface area contributed by atoms with Gasteiger partial charge in [-0.1, -0.05) is 0 Å². The second kappa shape index (κ2) is 4.93. The molecule has 0 saturated carbocycles. The van der Waals surface area contributed by atoms with Crippen molar-refractivity contribution < 1.29 is 9.18 Å². The molecule has 1 aromatic carbocycles. The number of fused-ring (bicyclic) bond motifs is 1. The van der Waals surface area contributed by atoms with Crippen molar-refractivity contribution in [1.82, 2.24) is 10.2 Å². The Bertz CT molecular complexity index is 503. The van der Waals surface area contributed by atoms with E-state index in [1.54, 1.807) is 19.1 Å². The van der Waals surface area contributed by atoms with Crippen LogP contribution in [0.3, 0.4) is 0 Å². The van der Waals surface area contributed by atoms with E-state index in [-0.39, 0.29) is 17.8 Å². The summed E-state index contributed by atoms with van der Waals surface area (Å²) in [5.41, 5.74) is 1.07. The van der Waals surface area contributed by atoms with E-state index < -0.39 is 0 Å². The highest BCUT2D eigenvalue weighted by atomic mass is 19.1. The highest BCUT2D eigenvalue weighted by molar-refractivity contribution is 5.94. The summed E-state index contributed by atoms with van der Waals surface area (Å²) in [5.74, 6) is -0.346. The molecule has 2 atom stereocenters. The molecule has 0 aliphatic carbocycles. The van der Waals surface area contributed by atoms with Crippen molar-refractivity contribution in [3.63, 3.8) is 0 Å². The van der Waals surface area contributed by atoms with E-state index >= 15 is 0 Å². The van der Waals surface area contributed by atoms with Crippen LogP contribution in [0.5, 0.6) is 0 Å². The lowest BCUT2D eigenvalue weighted by molar-refractivity contribution is 0.0929. The van der Waals surface area contributed by atoms with Gasteiger partial charge in [0, 0.05) is 24.2 Å². The number of carbonyl (C=O) groups excluding carboxylic acids is 1. The molecule has 0 aromatic heterocycles. The standard InChI is InChI=1S/C15H19FN2O/c1-10-9-11(4-5-12(10)16)15(19)17-13-6-8-18-7-2-3-14(13)18/h4-5,9,13-14H,2-3,6-8H2,1H3,(H,17,19). The van der Waals surface area contributed by atoms with Crippen molar-refractivity contribution in [3.05, 3.63) is 35.1 Å². The highest BCUT2D eigenvalue weighted by Crippen LogP contribution is 2.28. The highest BCUT2D eigenvalue weighted by Gasteiger charge is 2.37. The number of halogens is 1. The molecular weight excluding hydrogens is 243 g/mol. The molecule has 3 rings (SSSR count). The molecule has 4 heteroatoms. The monoisotopic (exact) mass is 262 g/mol. The van der Waals surface area contributed by atoms with Crippen LogP contribution < -0.4 is 5.32 Å². The minimum absolute atomic E-state index is 0.0816. The molecular formula is C15H19FN2O. The van der Waals surface area contributed by atoms with Crippen LogP contribution in [0.15, 0.2) is 18.2 Å². The normalized spacial score (nSPS) is 26.4. The SMILES string of the molecule is Cc1cc(C(=O)NC2CCN3CCCC23)ccc1F. The predicted octanol–water partition coefficient (Wildman–Crippen LogP) is 2.10. The molecule has 2 fully saturated rings. The minimum atomic E-state index is -0.264. The number of aryl methyl sites for hydroxylation is 1. The summed E-state index contributed by atoms with van der Waals surface area (Å²) in [4.78, 5) is 14.7. The fourth-order valence-electron chi connectivity index (χ4n) is 3.29. The topological polar surface area (TPSA) is 32.3 Å². The minimum Gasteiger partial charge on any atom is -0.348 e. The van der Waals surface area contributed by atoms with Crippen LogP contribution in [0.25, 0.3) is 0 Å². The van der Waals surface area contributed by atoms with Gasteiger partial charge in [-0.25, -0.2) is 4.39 Å². The largest absolute Gasteiger partial charge is 0.348 e. The van der Waals surface area contributed by atoms with E-state index in [0.717, 1.165) is 19.5 Å². The maximum atomic E-state index is 13.2. The van der Waals surface area contributed by atoms with Gasteiger partial charge in [-0.2, -0.15) is 0 Å². The first-order valence-electron chi connectivity index (χ1n) is 6.96. The number of rotatable bonds is 2. The number of nitrogens with one attached hydrogen (secondary N) is 1. The van der Waals surface area contributed by atoms with E-state index in [2.05, 4.69) is 10.2 Å². The van der Waals surface area contributed by atoms with Crippen LogP contribution >= 0.6 is 0 Å². The summed E-state index contributed by atoms with van der Waals surface area (Å²) >= 11 is 0. The van der Waals surface area contributed by atoms with Crippen molar-refractivity contribution in [3.8, 4) is 0 Å². The Hall–Kier alpha value is -1.42. The molecule has 1 N–H and O–H groups in total. The first kappa shape index (κ1) is 12.6. The number of benzene rings is 1. The molecule has 2 aliphatic rings. The second-order valence-electron chi connectivity index (χ2n) is 5.58. The third kappa shape index (κ3) is 2.37. The molecule has 0 bridgehead atoms. The zero-order valence-corrected chi connectivity index (χ0v) is 11.2. The molecule has 0 radical (unpaired) electrons. The summed E-state index contributed by atoms with van der Waals surface area (Å²) in [6, 6.07) is 5.29. The van der Waals surface area contributed by atoms with E-state index in [1.165, 1.54) is 18.9 Å². The van der Waals surface area contributed by atoms with Gasteiger partial charge in [0.1, 0.15) is 5.82 Å². The first-order valence-corrected chi connectivity index (χ1v) is 6.96. The third-order valence-electron chi connectivity index (χ3n) is 4.34. The van der Waals surface area contributed by atoms with Crippen molar-refractivity contribution in [2.75, 3.05) is 13.1 Å². The Labute approximate surface area is 112 Å². The van der Waals surface area contributed by atoms with Gasteiger partial charge in [0.25, 0.3) is 5.91 Å². The van der Waals surface area contributed by atoms with E-state index in [1.807, 2.05) is 0 Å². The maximum absolute atomic E-state index is 13.2. The summed E-state index contributed by atoms with van der Waals surface area (Å²) < 4.78 is 13.2. The summed E-state index contributed by atoms with van der Waals surface area (Å²) in [7, 11) is 0. The van der Waals surface area contributed by atoms with Gasteiger partial charge in [-0.15, -0.1) is 0 Å². The predicted molar refractivity (Wildman–Crippen MR) is 71.6 cm³/mol. The number of nitrogens with zero attached hydrogens (tertiary/aromatic N) is 1. The first-order chi connectivity index (χ1) is 9.15. The van der Waals surface area contributed by atoms with Crippen LogP contribution in [0.2, 0.25) is 0 Å². The fourth-order valence-corrected chi connectivity index (χ4v) is 3.29. The van der Waals surface area contributed by atoms with Gasteiger partial charge in [0.15, 0.2) is 0 Å². The molecule has 2 aliphatic heterocycles. The van der Waals surface area contributed by atoms with Crippen LogP contribution in [0.4, 0.5) is 4.39 Å². The Morgan fingerprint density at radius 2 is 2.21 bits per heavy atom. The van der Waals surface area contributed by atoms with Gasteiger partial charge in [0.05, 0.1) is 0 Å². The van der Waals surface area contributed by atoms with Gasteiger partial charge < -0.3 is 5.32 Å². The molecule has 1 amide bonds. The quantitative estimate of drug-likeness (QED) is 0.885. The smallest absolute Gasteiger partial charge is 0.251 e. The Morgan fingerprint density at radius 3 is 3.00 bits per heavy atom. The van der Waals surface area contributed by atoms with Crippen molar-refractivity contribution in [1.29, 1.82) is 0 Å². The Kier molecular flexibility index (Phi) is 3.27. The number of carbonyl (C=O) groups is 1. The zero-order chi connectivity index (χ0) is 13.4. The van der Waals surface area contributed by atoms with Crippen LogP contribution in [0, 0.1) is 12.7 Å². The second-order valence-corrected chi connectivity index (χ2v) is 5.58. The lowest BCUT2D eigenvalue weighted by Gasteiger charge is -2.21. The van der Waals surface area contributed by atoms with Gasteiger partial charge >= 0.3 is 0 Å². The zero-order valence-electron chi connectivity index (χ0n) is 11.2. The molecule has 0 spiro atoms. The fraction of sp³-hybridized carbons (Fsp3) is 0.533. The maximum Gasteiger partial charge on any atom is 0.251 e. The van der Waals surface area contributed by atoms with Crippen LogP contribution in [-0.2, 0) is 0 Å². The molecule has 2 unspecified atom stereocenters. The molecule has 1 aromatic rings. The van der Waals surface area contributed by atoms with E-state index in [9.17, 15) is 9.18 Å². The number of amides is 1. The van der Waals surface area contributed by atoms with Gasteiger partial charge in [0.2, 0.25) is 0 Å². The lowest BCUT2D eigenvalue weighted by Crippen LogP contribution is -2.42. The summed E-state index contributed by atoms with van der Waals surface area (Å²) in [5, 5.41) is 3.11. The number of hydrogen-bond donors (Lipinski definition) is 1. The van der Waals surface area contributed by atoms with Crippen LogP contribution in [-0.4, -0.2) is 36.0 Å². The Morgan fingerprint density at radius 1 is 1.37 bits per heavy atom. The van der Waals surface area contributed by atoms with E-state index in [0.29, 0.717) is 17.2 Å². The summed E-state index contributed by atoms with van der Waals surface area (Å²) in [6.45, 7) is 3.92. The third-order valence-corrected chi connectivity index (χ3v) is 4.34. The molecule has 102 valence electrons. The number of hydrogen-bond acceptors (Lipinski definition) is 2. The van der Waals surface area contributed by atoms with E-state index in [4.69, 9.17) is 0 Å². The van der Waals surface area contributed by atoms with Crippen molar-refractivity contribution in [2.45, 2.75) is 38.3 Å².